The fraction of sp³-hybridized carbons (Fsp3) is 0.667. The Morgan fingerprint density at radius 3 is 2.40 bits per heavy atom. The van der Waals surface area contributed by atoms with Gasteiger partial charge in [0.1, 0.15) is 16.5 Å². The summed E-state index contributed by atoms with van der Waals surface area (Å²) in [6, 6.07) is -0.950. The summed E-state index contributed by atoms with van der Waals surface area (Å²) in [4.78, 5) is 12.1. The van der Waals surface area contributed by atoms with Crippen molar-refractivity contribution >= 4 is 16.0 Å². The Morgan fingerprint density at radius 1 is 1.40 bits per heavy atom. The van der Waals surface area contributed by atoms with Crippen LogP contribution in [0.4, 0.5) is 0 Å². The Morgan fingerprint density at radius 2 is 2.00 bits per heavy atom. The van der Waals surface area contributed by atoms with E-state index in [9.17, 15) is 13.2 Å². The average Bonchev–Trinajstić information content (AvgIpc) is 2.76. The van der Waals surface area contributed by atoms with Crippen LogP contribution in [-0.2, 0) is 19.6 Å². The molecule has 0 saturated heterocycles. The number of carbonyl (C=O) groups is 1. The Kier molecular flexibility index (Phi) is 4.93. The van der Waals surface area contributed by atoms with Crippen LogP contribution in [0.15, 0.2) is 17.3 Å². The van der Waals surface area contributed by atoms with E-state index >= 15 is 0 Å². The first-order valence-corrected chi connectivity index (χ1v) is 7.75. The van der Waals surface area contributed by atoms with Crippen LogP contribution in [0.2, 0.25) is 0 Å². The maximum atomic E-state index is 12.1. The molecule has 20 heavy (non-hydrogen) atoms. The molecule has 8 heteroatoms. The first kappa shape index (κ1) is 16.6. The van der Waals surface area contributed by atoms with Crippen molar-refractivity contribution in [2.45, 2.75) is 51.2 Å². The van der Waals surface area contributed by atoms with Crippen molar-refractivity contribution in [1.82, 2.24) is 14.9 Å². The number of nitrogens with zero attached hydrogens (tertiary/aromatic N) is 1. The summed E-state index contributed by atoms with van der Waals surface area (Å²) in [5.74, 6) is -0.842. The molecule has 114 valence electrons. The molecule has 0 saturated carbocycles. The van der Waals surface area contributed by atoms with Crippen LogP contribution in [0, 0.1) is 5.92 Å². The Labute approximate surface area is 119 Å². The number of carbonyl (C=O) groups excluding carboxylic acids is 1. The lowest BCUT2D eigenvalue weighted by Crippen LogP contribution is -2.47. The van der Waals surface area contributed by atoms with Crippen LogP contribution in [-0.4, -0.2) is 36.2 Å². The standard InChI is InChI=1S/C12H21N3O4S/c1-8(2)10(11(16)19-12(3,4)5)15-20(17,18)9-6-13-14-7-9/h6-8,10,15H,1-5H3,(H,13,14)/t10-/m1/s1. The molecule has 1 aromatic heterocycles. The maximum Gasteiger partial charge on any atom is 0.324 e. The molecule has 0 amide bonds. The summed E-state index contributed by atoms with van der Waals surface area (Å²) in [6.07, 6.45) is 2.42. The predicted molar refractivity (Wildman–Crippen MR) is 73.4 cm³/mol. The molecule has 2 N–H and O–H groups in total. The van der Waals surface area contributed by atoms with Crippen molar-refractivity contribution in [3.05, 3.63) is 12.4 Å². The molecule has 1 atom stereocenters. The lowest BCUT2D eigenvalue weighted by molar-refractivity contribution is -0.158. The summed E-state index contributed by atoms with van der Waals surface area (Å²) in [5, 5.41) is 6.00. The van der Waals surface area contributed by atoms with E-state index in [1.165, 1.54) is 12.4 Å². The minimum absolute atomic E-state index is 0.0216. The minimum atomic E-state index is -3.81. The molecule has 1 aromatic rings. The fourth-order valence-corrected chi connectivity index (χ4v) is 2.68. The van der Waals surface area contributed by atoms with Gasteiger partial charge in [0.25, 0.3) is 0 Å². The summed E-state index contributed by atoms with van der Waals surface area (Å²) in [7, 11) is -3.81. The summed E-state index contributed by atoms with van der Waals surface area (Å²) >= 11 is 0. The Hall–Kier alpha value is -1.41. The van der Waals surface area contributed by atoms with Gasteiger partial charge in [-0.3, -0.25) is 9.89 Å². The molecule has 0 aliphatic heterocycles. The van der Waals surface area contributed by atoms with Crippen molar-refractivity contribution in [2.75, 3.05) is 0 Å². The van der Waals surface area contributed by atoms with E-state index in [4.69, 9.17) is 4.74 Å². The second kappa shape index (κ2) is 5.92. The van der Waals surface area contributed by atoms with E-state index in [1.807, 2.05) is 0 Å². The number of aromatic amines is 1. The van der Waals surface area contributed by atoms with Crippen LogP contribution in [0.3, 0.4) is 0 Å². The van der Waals surface area contributed by atoms with E-state index in [-0.39, 0.29) is 10.8 Å². The lowest BCUT2D eigenvalue weighted by atomic mass is 10.1. The van der Waals surface area contributed by atoms with E-state index in [0.29, 0.717) is 0 Å². The average molecular weight is 303 g/mol. The van der Waals surface area contributed by atoms with E-state index in [0.717, 1.165) is 0 Å². The van der Waals surface area contributed by atoms with Crippen LogP contribution in [0.5, 0.6) is 0 Å². The number of ether oxygens (including phenoxy) is 1. The number of H-pyrrole nitrogens is 1. The number of nitrogens with one attached hydrogen (secondary N) is 2. The first-order valence-electron chi connectivity index (χ1n) is 6.27. The second-order valence-electron chi connectivity index (χ2n) is 5.81. The molecule has 0 unspecified atom stereocenters. The van der Waals surface area contributed by atoms with Gasteiger partial charge >= 0.3 is 5.97 Å². The summed E-state index contributed by atoms with van der Waals surface area (Å²) in [6.45, 7) is 8.67. The first-order chi connectivity index (χ1) is 9.03. The number of rotatable bonds is 5. The number of aromatic nitrogens is 2. The highest BCUT2D eigenvalue weighted by molar-refractivity contribution is 7.89. The van der Waals surface area contributed by atoms with Crippen LogP contribution >= 0.6 is 0 Å². The van der Waals surface area contributed by atoms with Gasteiger partial charge in [-0.2, -0.15) is 9.82 Å². The highest BCUT2D eigenvalue weighted by Crippen LogP contribution is 2.15. The minimum Gasteiger partial charge on any atom is -0.459 e. The summed E-state index contributed by atoms with van der Waals surface area (Å²) < 4.78 is 31.8. The topological polar surface area (TPSA) is 101 Å². The van der Waals surface area contributed by atoms with Crippen molar-refractivity contribution in [3.63, 3.8) is 0 Å². The molecule has 0 aliphatic rings. The predicted octanol–water partition coefficient (Wildman–Crippen LogP) is 1.05. The third-order valence-electron chi connectivity index (χ3n) is 2.39. The molecule has 1 heterocycles. The molecule has 1 rings (SSSR count). The number of sulfonamides is 1. The monoisotopic (exact) mass is 303 g/mol. The maximum absolute atomic E-state index is 12.1. The number of hydrogen-bond donors (Lipinski definition) is 2. The summed E-state index contributed by atoms with van der Waals surface area (Å²) in [5.41, 5.74) is -0.675. The van der Waals surface area contributed by atoms with Gasteiger partial charge in [-0.05, 0) is 26.7 Å². The molecular weight excluding hydrogens is 282 g/mol. The zero-order valence-corrected chi connectivity index (χ0v) is 13.1. The van der Waals surface area contributed by atoms with Gasteiger partial charge in [0.05, 0.1) is 6.20 Å². The van der Waals surface area contributed by atoms with Crippen molar-refractivity contribution in [3.8, 4) is 0 Å². The van der Waals surface area contributed by atoms with Crippen molar-refractivity contribution in [1.29, 1.82) is 0 Å². The van der Waals surface area contributed by atoms with Gasteiger partial charge in [0.15, 0.2) is 0 Å². The van der Waals surface area contributed by atoms with Gasteiger partial charge in [-0.15, -0.1) is 0 Å². The molecular formula is C12H21N3O4S. The molecule has 0 spiro atoms. The largest absolute Gasteiger partial charge is 0.459 e. The van der Waals surface area contributed by atoms with Crippen LogP contribution in [0.1, 0.15) is 34.6 Å². The molecule has 0 radical (unpaired) electrons. The van der Waals surface area contributed by atoms with Crippen molar-refractivity contribution < 1.29 is 17.9 Å². The normalized spacial score (nSPS) is 14.3. The second-order valence-corrected chi connectivity index (χ2v) is 7.52. The molecule has 0 bridgehead atoms. The zero-order chi connectivity index (χ0) is 15.6. The highest BCUT2D eigenvalue weighted by Gasteiger charge is 2.32. The van der Waals surface area contributed by atoms with Crippen LogP contribution in [0.25, 0.3) is 0 Å². The third-order valence-corrected chi connectivity index (χ3v) is 3.80. The van der Waals surface area contributed by atoms with E-state index < -0.39 is 27.6 Å². The Balaban J connectivity index is 2.91. The molecule has 0 aliphatic carbocycles. The smallest absolute Gasteiger partial charge is 0.324 e. The number of hydrogen-bond acceptors (Lipinski definition) is 5. The fourth-order valence-electron chi connectivity index (χ4n) is 1.44. The SMILES string of the molecule is CC(C)[C@@H](NS(=O)(=O)c1cn[nH]c1)C(=O)OC(C)(C)C. The Bertz CT molecular complexity index is 544. The van der Waals surface area contributed by atoms with E-state index in [2.05, 4.69) is 14.9 Å². The van der Waals surface area contributed by atoms with Crippen LogP contribution < -0.4 is 4.72 Å². The highest BCUT2D eigenvalue weighted by atomic mass is 32.2. The zero-order valence-electron chi connectivity index (χ0n) is 12.3. The van der Waals surface area contributed by atoms with Gasteiger partial charge in [-0.1, -0.05) is 13.8 Å². The molecule has 0 aromatic carbocycles. The number of esters is 1. The van der Waals surface area contributed by atoms with E-state index in [1.54, 1.807) is 34.6 Å². The quantitative estimate of drug-likeness (QED) is 0.792. The molecule has 0 fully saturated rings. The van der Waals surface area contributed by atoms with Crippen molar-refractivity contribution in [2.24, 2.45) is 5.92 Å². The third kappa shape index (κ3) is 4.61. The lowest BCUT2D eigenvalue weighted by Gasteiger charge is -2.26. The van der Waals surface area contributed by atoms with Gasteiger partial charge in [0.2, 0.25) is 10.0 Å². The van der Waals surface area contributed by atoms with Gasteiger partial charge in [0, 0.05) is 6.20 Å². The van der Waals surface area contributed by atoms with Gasteiger partial charge in [-0.25, -0.2) is 8.42 Å². The van der Waals surface area contributed by atoms with Gasteiger partial charge < -0.3 is 4.74 Å². The molecule has 7 nitrogen and oxygen atoms in total.